The number of benzene rings is 1. The van der Waals surface area contributed by atoms with Gasteiger partial charge in [0.2, 0.25) is 5.91 Å². The van der Waals surface area contributed by atoms with E-state index < -0.39 is 0 Å². The maximum absolute atomic E-state index is 13.0. The van der Waals surface area contributed by atoms with Gasteiger partial charge >= 0.3 is 0 Å². The Morgan fingerprint density at radius 1 is 1.19 bits per heavy atom. The molecule has 1 fully saturated rings. The molecule has 1 saturated heterocycles. The van der Waals surface area contributed by atoms with Crippen molar-refractivity contribution < 1.29 is 18.7 Å². The first-order valence-corrected chi connectivity index (χ1v) is 11.2. The molecule has 2 amide bonds. The lowest BCUT2D eigenvalue weighted by Crippen LogP contribution is -2.52. The normalized spacial score (nSPS) is 19.8. The predicted molar refractivity (Wildman–Crippen MR) is 118 cm³/mol. The molecule has 0 unspecified atom stereocenters. The van der Waals surface area contributed by atoms with E-state index in [2.05, 4.69) is 11.4 Å². The quantitative estimate of drug-likeness (QED) is 0.792. The minimum absolute atomic E-state index is 0.0215. The lowest BCUT2D eigenvalue weighted by atomic mass is 9.76. The Bertz CT molecular complexity index is 970. The lowest BCUT2D eigenvalue weighted by Gasteiger charge is -2.47. The van der Waals surface area contributed by atoms with Crippen LogP contribution in [0.25, 0.3) is 0 Å². The summed E-state index contributed by atoms with van der Waals surface area (Å²) in [6.07, 6.45) is 2.76. The van der Waals surface area contributed by atoms with Crippen molar-refractivity contribution in [3.63, 3.8) is 0 Å². The first-order valence-electron chi connectivity index (χ1n) is 11.2. The topological polar surface area (TPSA) is 71.8 Å². The molecule has 1 atom stereocenters. The molecule has 6 nitrogen and oxygen atoms in total. The average molecular weight is 425 g/mol. The summed E-state index contributed by atoms with van der Waals surface area (Å²) in [6.45, 7) is 8.92. The van der Waals surface area contributed by atoms with Crippen LogP contribution in [-0.2, 0) is 4.79 Å². The summed E-state index contributed by atoms with van der Waals surface area (Å²) in [5, 5.41) is 3.02. The van der Waals surface area contributed by atoms with Crippen molar-refractivity contribution in [2.75, 3.05) is 13.1 Å². The number of hydrogen-bond acceptors (Lipinski definition) is 4. The third-order valence-corrected chi connectivity index (χ3v) is 6.42. The molecule has 0 saturated carbocycles. The fourth-order valence-corrected chi connectivity index (χ4v) is 4.97. The van der Waals surface area contributed by atoms with Gasteiger partial charge in [0.15, 0.2) is 0 Å². The Kier molecular flexibility index (Phi) is 5.82. The minimum atomic E-state index is -0.338. The van der Waals surface area contributed by atoms with Gasteiger partial charge in [0.25, 0.3) is 5.91 Å². The van der Waals surface area contributed by atoms with E-state index in [1.165, 1.54) is 0 Å². The monoisotopic (exact) mass is 424 g/mol. The second kappa shape index (κ2) is 8.40. The number of rotatable bonds is 4. The number of ether oxygens (including phenoxy) is 1. The first kappa shape index (κ1) is 21.5. The molecule has 166 valence electrons. The zero-order chi connectivity index (χ0) is 22.2. The maximum atomic E-state index is 13.0. The van der Waals surface area contributed by atoms with Gasteiger partial charge < -0.3 is 19.4 Å². The van der Waals surface area contributed by atoms with Crippen LogP contribution in [0.2, 0.25) is 0 Å². The summed E-state index contributed by atoms with van der Waals surface area (Å²) in [5.74, 6) is 2.51. The highest BCUT2D eigenvalue weighted by molar-refractivity contribution is 5.95. The van der Waals surface area contributed by atoms with Crippen molar-refractivity contribution in [2.45, 2.75) is 70.9 Å². The summed E-state index contributed by atoms with van der Waals surface area (Å²) in [5.41, 5.74) is 1.41. The van der Waals surface area contributed by atoms with Crippen LogP contribution in [0.5, 0.6) is 5.75 Å². The fourth-order valence-electron chi connectivity index (χ4n) is 4.97. The Morgan fingerprint density at radius 3 is 2.55 bits per heavy atom. The number of fused-ring (bicyclic) bond motifs is 1. The third-order valence-electron chi connectivity index (χ3n) is 6.42. The van der Waals surface area contributed by atoms with Gasteiger partial charge in [-0.25, -0.2) is 0 Å². The van der Waals surface area contributed by atoms with Crippen LogP contribution >= 0.6 is 0 Å². The summed E-state index contributed by atoms with van der Waals surface area (Å²) >= 11 is 0. The highest BCUT2D eigenvalue weighted by atomic mass is 16.5. The summed E-state index contributed by atoms with van der Waals surface area (Å²) < 4.78 is 12.1. The molecule has 1 spiro atoms. The molecule has 1 aromatic carbocycles. The molecule has 1 aromatic heterocycles. The zero-order valence-corrected chi connectivity index (χ0v) is 18.9. The Morgan fingerprint density at radius 2 is 1.90 bits per heavy atom. The van der Waals surface area contributed by atoms with Crippen LogP contribution in [0.15, 0.2) is 34.7 Å². The van der Waals surface area contributed by atoms with E-state index >= 15 is 0 Å². The number of aryl methyl sites for hydroxylation is 2. The number of amides is 2. The summed E-state index contributed by atoms with van der Waals surface area (Å²) in [6, 6.07) is 9.99. The number of para-hydroxylation sites is 1. The third kappa shape index (κ3) is 4.48. The molecule has 2 aliphatic heterocycles. The van der Waals surface area contributed by atoms with Crippen LogP contribution in [0.4, 0.5) is 0 Å². The van der Waals surface area contributed by atoms with Gasteiger partial charge in [-0.3, -0.25) is 9.59 Å². The number of likely N-dealkylation sites (tertiary alicyclic amines) is 1. The number of carbonyl (C=O) groups is 2. The standard InChI is InChI=1S/C25H32N2O4/c1-16(2)26-23(28)14-19-15-25(31-22-8-6-5-7-20(19)22)9-11-27(12-10-25)24(29)21-13-17(3)30-18(21)4/h5-8,13,16,19H,9-12,14-15H2,1-4H3,(H,26,28)/t19-/m0/s1. The smallest absolute Gasteiger partial charge is 0.257 e. The summed E-state index contributed by atoms with van der Waals surface area (Å²) in [7, 11) is 0. The van der Waals surface area contributed by atoms with Gasteiger partial charge in [-0.05, 0) is 51.8 Å². The number of furan rings is 1. The van der Waals surface area contributed by atoms with Gasteiger partial charge in [0.05, 0.1) is 5.56 Å². The Labute approximate surface area is 183 Å². The van der Waals surface area contributed by atoms with E-state index in [1.54, 1.807) is 0 Å². The fraction of sp³-hybridized carbons (Fsp3) is 0.520. The van der Waals surface area contributed by atoms with Gasteiger partial charge in [0, 0.05) is 44.3 Å². The molecule has 3 heterocycles. The van der Waals surface area contributed by atoms with E-state index in [9.17, 15) is 9.59 Å². The zero-order valence-electron chi connectivity index (χ0n) is 18.9. The number of hydrogen-bond donors (Lipinski definition) is 1. The van der Waals surface area contributed by atoms with E-state index in [0.29, 0.717) is 30.8 Å². The van der Waals surface area contributed by atoms with Crippen molar-refractivity contribution in [3.8, 4) is 5.75 Å². The van der Waals surface area contributed by atoms with Crippen molar-refractivity contribution in [2.24, 2.45) is 0 Å². The van der Waals surface area contributed by atoms with Gasteiger partial charge in [-0.2, -0.15) is 0 Å². The molecular formula is C25H32N2O4. The predicted octanol–water partition coefficient (Wildman–Crippen LogP) is 4.35. The Hall–Kier alpha value is -2.76. The molecule has 6 heteroatoms. The van der Waals surface area contributed by atoms with Gasteiger partial charge in [0.1, 0.15) is 22.9 Å². The molecule has 31 heavy (non-hydrogen) atoms. The van der Waals surface area contributed by atoms with E-state index in [-0.39, 0.29) is 29.4 Å². The largest absolute Gasteiger partial charge is 0.487 e. The SMILES string of the molecule is Cc1cc(C(=O)N2CCC3(CC2)C[C@H](CC(=O)NC(C)C)c2ccccc2O3)c(C)o1. The van der Waals surface area contributed by atoms with E-state index in [0.717, 1.165) is 36.3 Å². The number of carbonyl (C=O) groups excluding carboxylic acids is 2. The molecule has 0 aliphatic carbocycles. The maximum Gasteiger partial charge on any atom is 0.257 e. The molecule has 2 aromatic rings. The van der Waals surface area contributed by atoms with Crippen LogP contribution in [0.3, 0.4) is 0 Å². The molecule has 0 bridgehead atoms. The van der Waals surface area contributed by atoms with Crippen LogP contribution in [0.1, 0.15) is 72.9 Å². The van der Waals surface area contributed by atoms with Crippen LogP contribution < -0.4 is 10.1 Å². The minimum Gasteiger partial charge on any atom is -0.487 e. The number of piperidine rings is 1. The molecule has 4 rings (SSSR count). The van der Waals surface area contributed by atoms with Crippen LogP contribution in [0, 0.1) is 13.8 Å². The van der Waals surface area contributed by atoms with Crippen molar-refractivity contribution in [3.05, 3.63) is 53.0 Å². The Balaban J connectivity index is 1.49. The van der Waals surface area contributed by atoms with Crippen molar-refractivity contribution in [1.82, 2.24) is 10.2 Å². The molecule has 0 radical (unpaired) electrons. The second-order valence-corrected chi connectivity index (χ2v) is 9.27. The van der Waals surface area contributed by atoms with Crippen molar-refractivity contribution in [1.29, 1.82) is 0 Å². The second-order valence-electron chi connectivity index (χ2n) is 9.27. The highest BCUT2D eigenvalue weighted by Gasteiger charge is 2.44. The number of nitrogens with zero attached hydrogens (tertiary/aromatic N) is 1. The van der Waals surface area contributed by atoms with E-state index in [4.69, 9.17) is 9.15 Å². The average Bonchev–Trinajstić information content (AvgIpc) is 3.05. The highest BCUT2D eigenvalue weighted by Crippen LogP contribution is 2.46. The van der Waals surface area contributed by atoms with Crippen molar-refractivity contribution >= 4 is 11.8 Å². The molecule has 2 aliphatic rings. The molecule has 1 N–H and O–H groups in total. The van der Waals surface area contributed by atoms with Crippen LogP contribution in [-0.4, -0.2) is 41.4 Å². The van der Waals surface area contributed by atoms with Gasteiger partial charge in [-0.1, -0.05) is 18.2 Å². The summed E-state index contributed by atoms with van der Waals surface area (Å²) in [4.78, 5) is 27.4. The lowest BCUT2D eigenvalue weighted by molar-refractivity contribution is -0.122. The van der Waals surface area contributed by atoms with Gasteiger partial charge in [-0.15, -0.1) is 0 Å². The van der Waals surface area contributed by atoms with E-state index in [1.807, 2.05) is 56.9 Å². The first-order chi connectivity index (χ1) is 14.8. The number of nitrogens with one attached hydrogen (secondary N) is 1. The molecular weight excluding hydrogens is 392 g/mol.